The van der Waals surface area contributed by atoms with Gasteiger partial charge in [0.2, 0.25) is 5.91 Å². The maximum absolute atomic E-state index is 12.4. The van der Waals surface area contributed by atoms with E-state index >= 15 is 0 Å². The van der Waals surface area contributed by atoms with Crippen LogP contribution in [0.2, 0.25) is 0 Å². The summed E-state index contributed by atoms with van der Waals surface area (Å²) < 4.78 is 11.1. The van der Waals surface area contributed by atoms with Crippen molar-refractivity contribution in [2.45, 2.75) is 44.4 Å². The molecule has 2 N–H and O–H groups in total. The lowest BCUT2D eigenvalue weighted by atomic mass is 9.58. The van der Waals surface area contributed by atoms with Gasteiger partial charge in [-0.05, 0) is 19.8 Å². The van der Waals surface area contributed by atoms with Crippen molar-refractivity contribution in [2.24, 2.45) is 5.41 Å². The summed E-state index contributed by atoms with van der Waals surface area (Å²) in [7, 11) is 0. The van der Waals surface area contributed by atoms with Crippen molar-refractivity contribution in [1.82, 2.24) is 10.2 Å². The highest BCUT2D eigenvalue weighted by Crippen LogP contribution is 2.50. The summed E-state index contributed by atoms with van der Waals surface area (Å²) in [6, 6.07) is -0.207. The van der Waals surface area contributed by atoms with Gasteiger partial charge in [0.15, 0.2) is 0 Å². The van der Waals surface area contributed by atoms with Gasteiger partial charge in [0.1, 0.15) is 6.04 Å². The van der Waals surface area contributed by atoms with E-state index in [0.717, 1.165) is 25.8 Å². The van der Waals surface area contributed by atoms with Crippen molar-refractivity contribution in [3.05, 3.63) is 0 Å². The minimum atomic E-state index is -0.276. The SMILES string of the molecule is CCOC1CC(O)C12CCN(C(=O)C1COCCN1)CC2. The van der Waals surface area contributed by atoms with Crippen LogP contribution < -0.4 is 5.32 Å². The van der Waals surface area contributed by atoms with Gasteiger partial charge in [-0.25, -0.2) is 0 Å². The third-order valence-electron chi connectivity index (χ3n) is 5.34. The first-order chi connectivity index (χ1) is 10.2. The van der Waals surface area contributed by atoms with Gasteiger partial charge in [-0.1, -0.05) is 0 Å². The first kappa shape index (κ1) is 15.2. The van der Waals surface area contributed by atoms with Crippen molar-refractivity contribution in [1.29, 1.82) is 0 Å². The van der Waals surface area contributed by atoms with Crippen LogP contribution in [-0.2, 0) is 14.3 Å². The lowest BCUT2D eigenvalue weighted by Gasteiger charge is -2.56. The van der Waals surface area contributed by atoms with Crippen LogP contribution in [0.15, 0.2) is 0 Å². The van der Waals surface area contributed by atoms with E-state index < -0.39 is 0 Å². The number of likely N-dealkylation sites (tertiary alicyclic amines) is 1. The van der Waals surface area contributed by atoms with E-state index in [0.29, 0.717) is 32.9 Å². The number of rotatable bonds is 3. The van der Waals surface area contributed by atoms with Crippen LogP contribution in [0.4, 0.5) is 0 Å². The Hall–Kier alpha value is -0.690. The Bertz CT molecular complexity index is 374. The fourth-order valence-electron chi connectivity index (χ4n) is 3.90. The van der Waals surface area contributed by atoms with Crippen LogP contribution in [-0.4, -0.2) is 73.6 Å². The highest BCUT2D eigenvalue weighted by Gasteiger charge is 2.56. The number of piperidine rings is 1. The minimum absolute atomic E-state index is 0.122. The molecule has 1 aliphatic carbocycles. The van der Waals surface area contributed by atoms with Crippen molar-refractivity contribution in [3.8, 4) is 0 Å². The molecule has 0 radical (unpaired) electrons. The Balaban J connectivity index is 1.56. The molecule has 0 aromatic carbocycles. The number of nitrogens with zero attached hydrogens (tertiary/aromatic N) is 1. The molecule has 6 nitrogen and oxygen atoms in total. The number of nitrogens with one attached hydrogen (secondary N) is 1. The predicted molar refractivity (Wildman–Crippen MR) is 76.9 cm³/mol. The number of hydrogen-bond acceptors (Lipinski definition) is 5. The van der Waals surface area contributed by atoms with Crippen LogP contribution in [0.25, 0.3) is 0 Å². The van der Waals surface area contributed by atoms with E-state index in [1.165, 1.54) is 0 Å². The van der Waals surface area contributed by atoms with Crippen LogP contribution in [0.3, 0.4) is 0 Å². The Labute approximate surface area is 125 Å². The number of ether oxygens (including phenoxy) is 2. The normalized spacial score (nSPS) is 35.5. The molecular weight excluding hydrogens is 272 g/mol. The number of amides is 1. The zero-order chi connectivity index (χ0) is 14.9. The zero-order valence-electron chi connectivity index (χ0n) is 12.7. The third kappa shape index (κ3) is 2.70. The molecule has 21 heavy (non-hydrogen) atoms. The average molecular weight is 298 g/mol. The molecule has 3 rings (SSSR count). The summed E-state index contributed by atoms with van der Waals surface area (Å²) in [5.41, 5.74) is -0.122. The molecule has 3 atom stereocenters. The van der Waals surface area contributed by atoms with E-state index in [4.69, 9.17) is 9.47 Å². The first-order valence-corrected chi connectivity index (χ1v) is 8.07. The van der Waals surface area contributed by atoms with E-state index in [2.05, 4.69) is 5.32 Å². The standard InChI is InChI=1S/C15H26N2O4/c1-2-21-13-9-12(18)15(13)3-6-17(7-4-15)14(19)11-10-20-8-5-16-11/h11-13,16,18H,2-10H2,1H3. The van der Waals surface area contributed by atoms with Crippen molar-refractivity contribution < 1.29 is 19.4 Å². The van der Waals surface area contributed by atoms with Gasteiger partial charge in [-0.3, -0.25) is 4.79 Å². The lowest BCUT2D eigenvalue weighted by molar-refractivity contribution is -0.210. The largest absolute Gasteiger partial charge is 0.392 e. The molecule has 0 aromatic heterocycles. The first-order valence-electron chi connectivity index (χ1n) is 8.07. The summed E-state index contributed by atoms with van der Waals surface area (Å²) in [6.45, 7) is 5.96. The van der Waals surface area contributed by atoms with Crippen molar-refractivity contribution in [3.63, 3.8) is 0 Å². The third-order valence-corrected chi connectivity index (χ3v) is 5.34. The maximum atomic E-state index is 12.4. The van der Waals surface area contributed by atoms with E-state index in [9.17, 15) is 9.90 Å². The molecule has 1 saturated carbocycles. The second-order valence-corrected chi connectivity index (χ2v) is 6.34. The van der Waals surface area contributed by atoms with Gasteiger partial charge in [0.25, 0.3) is 0 Å². The van der Waals surface area contributed by atoms with Crippen LogP contribution in [0.5, 0.6) is 0 Å². The van der Waals surface area contributed by atoms with Gasteiger partial charge >= 0.3 is 0 Å². The van der Waals surface area contributed by atoms with Gasteiger partial charge in [0, 0.05) is 38.1 Å². The molecule has 2 aliphatic heterocycles. The molecule has 0 bridgehead atoms. The maximum Gasteiger partial charge on any atom is 0.242 e. The second-order valence-electron chi connectivity index (χ2n) is 6.34. The molecule has 6 heteroatoms. The van der Waals surface area contributed by atoms with E-state index in [1.807, 2.05) is 11.8 Å². The number of hydrogen-bond donors (Lipinski definition) is 2. The molecule has 1 spiro atoms. The number of carbonyl (C=O) groups excluding carboxylic acids is 1. The number of aliphatic hydroxyl groups excluding tert-OH is 1. The van der Waals surface area contributed by atoms with Gasteiger partial charge < -0.3 is 24.8 Å². The topological polar surface area (TPSA) is 71.0 Å². The Kier molecular flexibility index (Phi) is 4.49. The molecule has 3 aliphatic rings. The highest BCUT2D eigenvalue weighted by atomic mass is 16.5. The lowest BCUT2D eigenvalue weighted by Crippen LogP contribution is -2.64. The molecule has 0 aromatic rings. The Morgan fingerprint density at radius 2 is 2.24 bits per heavy atom. The van der Waals surface area contributed by atoms with E-state index in [1.54, 1.807) is 0 Å². The van der Waals surface area contributed by atoms with Crippen LogP contribution >= 0.6 is 0 Å². The fraction of sp³-hybridized carbons (Fsp3) is 0.933. The quantitative estimate of drug-likeness (QED) is 0.752. The summed E-state index contributed by atoms with van der Waals surface area (Å²) in [4.78, 5) is 14.4. The molecule has 1 amide bonds. The van der Waals surface area contributed by atoms with Gasteiger partial charge in [0.05, 0.1) is 25.4 Å². The van der Waals surface area contributed by atoms with Gasteiger partial charge in [-0.2, -0.15) is 0 Å². The Morgan fingerprint density at radius 1 is 1.48 bits per heavy atom. The summed E-state index contributed by atoms with van der Waals surface area (Å²) in [5, 5.41) is 13.4. The fourth-order valence-corrected chi connectivity index (χ4v) is 3.90. The Morgan fingerprint density at radius 3 is 2.81 bits per heavy atom. The smallest absolute Gasteiger partial charge is 0.242 e. The second kappa shape index (κ2) is 6.20. The van der Waals surface area contributed by atoms with Crippen molar-refractivity contribution >= 4 is 5.91 Å². The average Bonchev–Trinajstić information content (AvgIpc) is 2.55. The molecule has 2 heterocycles. The summed E-state index contributed by atoms with van der Waals surface area (Å²) in [6.07, 6.45) is 2.28. The molecule has 3 unspecified atom stereocenters. The van der Waals surface area contributed by atoms with Crippen molar-refractivity contribution in [2.75, 3.05) is 39.5 Å². The molecule has 3 fully saturated rings. The van der Waals surface area contributed by atoms with Crippen LogP contribution in [0, 0.1) is 5.41 Å². The number of aliphatic hydroxyl groups is 1. The van der Waals surface area contributed by atoms with E-state index in [-0.39, 0.29) is 29.6 Å². The number of morpholine rings is 1. The summed E-state index contributed by atoms with van der Waals surface area (Å²) >= 11 is 0. The van der Waals surface area contributed by atoms with Gasteiger partial charge in [-0.15, -0.1) is 0 Å². The predicted octanol–water partition coefficient (Wildman–Crippen LogP) is -0.247. The monoisotopic (exact) mass is 298 g/mol. The van der Waals surface area contributed by atoms with Crippen LogP contribution in [0.1, 0.15) is 26.2 Å². The molecule has 2 saturated heterocycles. The minimum Gasteiger partial charge on any atom is -0.392 e. The molecular formula is C15H26N2O4. The summed E-state index contributed by atoms with van der Waals surface area (Å²) in [5.74, 6) is 0.131. The zero-order valence-corrected chi connectivity index (χ0v) is 12.7. The molecule has 120 valence electrons. The number of carbonyl (C=O) groups is 1. The highest BCUT2D eigenvalue weighted by molar-refractivity contribution is 5.82.